The van der Waals surface area contributed by atoms with Gasteiger partial charge in [0.25, 0.3) is 0 Å². The van der Waals surface area contributed by atoms with Crippen LogP contribution in [0.25, 0.3) is 0 Å². The van der Waals surface area contributed by atoms with Gasteiger partial charge in [-0.3, -0.25) is 4.99 Å². The fraction of sp³-hybridized carbons (Fsp3) is 0.114. The second kappa shape index (κ2) is 9.09. The maximum Gasteiger partial charge on any atom is 0.0991 e. The highest BCUT2D eigenvalue weighted by atomic mass is 32.2. The van der Waals surface area contributed by atoms with Crippen molar-refractivity contribution in [2.45, 2.75) is 23.1 Å². The van der Waals surface area contributed by atoms with Gasteiger partial charge in [0.05, 0.1) is 11.1 Å². The van der Waals surface area contributed by atoms with Crippen molar-refractivity contribution in [3.8, 4) is 0 Å². The molecule has 3 heteroatoms. The van der Waals surface area contributed by atoms with Gasteiger partial charge in [0.1, 0.15) is 0 Å². The van der Waals surface area contributed by atoms with Gasteiger partial charge in [-0.15, -0.1) is 0 Å². The molecule has 0 saturated carbocycles. The summed E-state index contributed by atoms with van der Waals surface area (Å²) in [6.07, 6.45) is 0. The molecule has 1 aliphatic heterocycles. The van der Waals surface area contributed by atoms with Gasteiger partial charge in [-0.2, -0.15) is 0 Å². The predicted octanol–water partition coefficient (Wildman–Crippen LogP) is 6.97. The van der Waals surface area contributed by atoms with Crippen molar-refractivity contribution in [1.29, 1.82) is 0 Å². The largest absolute Gasteiger partial charge is 0.272 e. The van der Waals surface area contributed by atoms with Gasteiger partial charge in [0.15, 0.2) is 0 Å². The first kappa shape index (κ1) is 22.5. The number of rotatable bonds is 4. The van der Waals surface area contributed by atoms with Crippen molar-refractivity contribution in [1.82, 2.24) is 0 Å². The van der Waals surface area contributed by atoms with Crippen molar-refractivity contribution < 1.29 is 0 Å². The van der Waals surface area contributed by atoms with Crippen LogP contribution in [0.1, 0.15) is 39.7 Å². The molecule has 182 valence electrons. The zero-order valence-electron chi connectivity index (χ0n) is 20.8. The summed E-state index contributed by atoms with van der Waals surface area (Å²) in [6.45, 7) is 0. The minimum absolute atomic E-state index is 0.275. The Morgan fingerprint density at radius 1 is 0.500 bits per heavy atom. The maximum absolute atomic E-state index is 5.58. The first-order chi connectivity index (χ1) is 18.9. The minimum Gasteiger partial charge on any atom is -0.272 e. The summed E-state index contributed by atoms with van der Waals surface area (Å²) in [5.74, 6) is 0.722. The first-order valence-electron chi connectivity index (χ1n) is 13.3. The number of benzene rings is 5. The van der Waals surface area contributed by atoms with Crippen LogP contribution in [0.4, 0.5) is 0 Å². The zero-order chi connectivity index (χ0) is 25.1. The molecular formula is C35H26NPS. The SMILES string of the molecule is c1ccc(P(c2ccccc2)c2ccccc2C2=N[C@@H]3C4c5ccccc5C(c5ccccc54)[C@@H]3S2)cc1. The number of aliphatic imine (C=N–C) groups is 1. The van der Waals surface area contributed by atoms with E-state index in [1.165, 1.54) is 48.8 Å². The van der Waals surface area contributed by atoms with Crippen LogP contribution in [-0.2, 0) is 0 Å². The molecule has 0 radical (unpaired) electrons. The standard InChI is InChI=1S/C35H26NPS/c1-3-13-23(14-4-1)37(24-15-5-2-6-16-24)30-22-12-11-21-29(30)35-36-33-31-25-17-7-9-19-27(25)32(34(33)38-35)28-20-10-8-18-26(28)31/h1-22,31-34H/t31?,32?,33-,34+/m1/s1. The van der Waals surface area contributed by atoms with Gasteiger partial charge in [-0.25, -0.2) is 0 Å². The van der Waals surface area contributed by atoms with E-state index in [0.29, 0.717) is 17.1 Å². The van der Waals surface area contributed by atoms with E-state index in [4.69, 9.17) is 4.99 Å². The van der Waals surface area contributed by atoms with Crippen LogP contribution in [0.3, 0.4) is 0 Å². The van der Waals surface area contributed by atoms with Crippen molar-refractivity contribution in [2.24, 2.45) is 4.99 Å². The molecule has 0 N–H and O–H groups in total. The van der Waals surface area contributed by atoms with E-state index in [9.17, 15) is 0 Å². The summed E-state index contributed by atoms with van der Waals surface area (Å²) in [4.78, 5) is 5.58. The zero-order valence-corrected chi connectivity index (χ0v) is 22.5. The lowest BCUT2D eigenvalue weighted by molar-refractivity contribution is 0.470. The molecule has 0 unspecified atom stereocenters. The third kappa shape index (κ3) is 3.40. The van der Waals surface area contributed by atoms with E-state index in [-0.39, 0.29) is 6.04 Å². The molecule has 0 fully saturated rings. The van der Waals surface area contributed by atoms with Crippen LogP contribution in [0.15, 0.2) is 138 Å². The molecule has 5 aromatic carbocycles. The Morgan fingerprint density at radius 3 is 1.55 bits per heavy atom. The summed E-state index contributed by atoms with van der Waals surface area (Å²) in [6, 6.07) is 49.5. The molecule has 1 nitrogen and oxygen atoms in total. The van der Waals surface area contributed by atoms with Crippen molar-refractivity contribution in [2.75, 3.05) is 0 Å². The minimum atomic E-state index is -0.698. The average molecular weight is 524 g/mol. The highest BCUT2D eigenvalue weighted by Gasteiger charge is 2.53. The fourth-order valence-corrected chi connectivity index (χ4v) is 10.8. The molecule has 0 aromatic heterocycles. The summed E-state index contributed by atoms with van der Waals surface area (Å²) in [5.41, 5.74) is 7.27. The summed E-state index contributed by atoms with van der Waals surface area (Å²) >= 11 is 2.02. The van der Waals surface area contributed by atoms with E-state index in [1.807, 2.05) is 11.8 Å². The van der Waals surface area contributed by atoms with Gasteiger partial charge in [-0.1, -0.05) is 145 Å². The lowest BCUT2D eigenvalue weighted by atomic mass is 9.61. The number of hydrogen-bond donors (Lipinski definition) is 0. The molecule has 2 bridgehead atoms. The molecule has 0 amide bonds. The Kier molecular flexibility index (Phi) is 5.39. The number of hydrogen-bond acceptors (Lipinski definition) is 2. The van der Waals surface area contributed by atoms with Crippen LogP contribution in [0.2, 0.25) is 0 Å². The van der Waals surface area contributed by atoms with Crippen molar-refractivity contribution in [3.05, 3.63) is 161 Å². The smallest absolute Gasteiger partial charge is 0.0991 e. The molecule has 4 aliphatic rings. The lowest BCUT2D eigenvalue weighted by Gasteiger charge is -2.46. The van der Waals surface area contributed by atoms with Crippen LogP contribution < -0.4 is 15.9 Å². The Hall–Kier alpha value is -3.45. The fourth-order valence-electron chi connectivity index (χ4n) is 6.74. The molecule has 3 aliphatic carbocycles. The third-order valence-electron chi connectivity index (χ3n) is 8.26. The molecular weight excluding hydrogens is 497 g/mol. The predicted molar refractivity (Wildman–Crippen MR) is 163 cm³/mol. The van der Waals surface area contributed by atoms with E-state index in [1.54, 1.807) is 0 Å². The Balaban J connectivity index is 1.27. The summed E-state index contributed by atoms with van der Waals surface area (Å²) in [5, 5.41) is 5.80. The van der Waals surface area contributed by atoms with Gasteiger partial charge in [-0.05, 0) is 46.1 Å². The summed E-state index contributed by atoms with van der Waals surface area (Å²) < 4.78 is 0. The van der Waals surface area contributed by atoms with Crippen LogP contribution in [0.5, 0.6) is 0 Å². The molecule has 9 rings (SSSR count). The molecule has 38 heavy (non-hydrogen) atoms. The van der Waals surface area contributed by atoms with Crippen LogP contribution in [0, 0.1) is 0 Å². The highest BCUT2D eigenvalue weighted by molar-refractivity contribution is 8.15. The van der Waals surface area contributed by atoms with Crippen LogP contribution >= 0.6 is 19.7 Å². The van der Waals surface area contributed by atoms with E-state index >= 15 is 0 Å². The number of thioether (sulfide) groups is 1. The van der Waals surface area contributed by atoms with Gasteiger partial charge >= 0.3 is 0 Å². The molecule has 2 atom stereocenters. The molecule has 0 saturated heterocycles. The van der Waals surface area contributed by atoms with Gasteiger partial charge in [0, 0.05) is 22.6 Å². The topological polar surface area (TPSA) is 12.4 Å². The average Bonchev–Trinajstić information content (AvgIpc) is 3.44. The number of nitrogens with zero attached hydrogens (tertiary/aromatic N) is 1. The van der Waals surface area contributed by atoms with Crippen molar-refractivity contribution >= 4 is 40.6 Å². The third-order valence-corrected chi connectivity index (χ3v) is 12.1. The normalized spacial score (nSPS) is 22.5. The first-order valence-corrected chi connectivity index (χ1v) is 15.5. The second-order valence-electron chi connectivity index (χ2n) is 10.2. The van der Waals surface area contributed by atoms with Crippen LogP contribution in [-0.4, -0.2) is 16.3 Å². The second-order valence-corrected chi connectivity index (χ2v) is 13.6. The van der Waals surface area contributed by atoms with Gasteiger partial charge < -0.3 is 0 Å². The molecule has 5 aromatic rings. The van der Waals surface area contributed by atoms with E-state index in [0.717, 1.165) is 0 Å². The molecule has 0 spiro atoms. The monoisotopic (exact) mass is 523 g/mol. The molecule has 1 heterocycles. The van der Waals surface area contributed by atoms with Gasteiger partial charge in [0.2, 0.25) is 0 Å². The quantitative estimate of drug-likeness (QED) is 0.232. The highest BCUT2D eigenvalue weighted by Crippen LogP contribution is 2.59. The van der Waals surface area contributed by atoms with Crippen molar-refractivity contribution in [3.63, 3.8) is 0 Å². The Labute approximate surface area is 229 Å². The lowest BCUT2D eigenvalue weighted by Crippen LogP contribution is -2.42. The maximum atomic E-state index is 5.58. The Morgan fingerprint density at radius 2 is 0.974 bits per heavy atom. The van der Waals surface area contributed by atoms with E-state index < -0.39 is 7.92 Å². The summed E-state index contributed by atoms with van der Waals surface area (Å²) in [7, 11) is -0.698. The Bertz CT molecular complexity index is 1590. The van der Waals surface area contributed by atoms with E-state index in [2.05, 4.69) is 133 Å².